The van der Waals surface area contributed by atoms with Gasteiger partial charge < -0.3 is 25.0 Å². The maximum atomic E-state index is 13.4. The van der Waals surface area contributed by atoms with Crippen LogP contribution in [0.4, 0.5) is 4.79 Å². The zero-order valence-electron chi connectivity index (χ0n) is 21.8. The third kappa shape index (κ3) is 11.1. The van der Waals surface area contributed by atoms with Crippen LogP contribution in [0.2, 0.25) is 0 Å². The van der Waals surface area contributed by atoms with E-state index in [0.29, 0.717) is 26.0 Å². The number of hydrogen-bond acceptors (Lipinski definition) is 6. The Balaban J connectivity index is 1.87. The van der Waals surface area contributed by atoms with Gasteiger partial charge in [0.1, 0.15) is 17.7 Å². The quantitative estimate of drug-likeness (QED) is 0.230. The van der Waals surface area contributed by atoms with Crippen LogP contribution >= 0.6 is 0 Å². The van der Waals surface area contributed by atoms with Gasteiger partial charge >= 0.3 is 12.1 Å². The lowest BCUT2D eigenvalue weighted by Gasteiger charge is -2.29. The van der Waals surface area contributed by atoms with Gasteiger partial charge in [-0.1, -0.05) is 25.0 Å². The van der Waals surface area contributed by atoms with Crippen molar-refractivity contribution in [1.82, 2.24) is 15.5 Å². The Labute approximate surface area is 209 Å². The third-order valence-corrected chi connectivity index (χ3v) is 5.87. The van der Waals surface area contributed by atoms with Crippen LogP contribution < -0.4 is 10.6 Å². The number of unbranched alkanes of at least 4 members (excludes halogenated alkanes) is 3. The minimum Gasteiger partial charge on any atom is -0.466 e. The molecule has 3 amide bonds. The zero-order valence-corrected chi connectivity index (χ0v) is 21.8. The van der Waals surface area contributed by atoms with E-state index in [4.69, 9.17) is 9.47 Å². The number of likely N-dealkylation sites (tertiary alicyclic amines) is 1. The normalized spacial score (nSPS) is 18.9. The molecular weight excluding hydrogens is 450 g/mol. The summed E-state index contributed by atoms with van der Waals surface area (Å²) in [6, 6.07) is -0.976. The molecule has 2 rings (SSSR count). The van der Waals surface area contributed by atoms with Gasteiger partial charge in [-0.2, -0.15) is 0 Å². The highest BCUT2D eigenvalue weighted by atomic mass is 16.6. The SMILES string of the molecule is CCOC(=O)C/C=C\CCCCC[C@H](NC(=O)OC(C)(C)C)C(=O)N1CCC[C@H]1C(=O)NC1CC1. The summed E-state index contributed by atoms with van der Waals surface area (Å²) in [6.45, 7) is 8.00. The first-order valence-corrected chi connectivity index (χ1v) is 13.0. The molecule has 9 nitrogen and oxygen atoms in total. The van der Waals surface area contributed by atoms with Crippen molar-refractivity contribution in [2.45, 2.75) is 116 Å². The average Bonchev–Trinajstić information content (AvgIpc) is 3.44. The van der Waals surface area contributed by atoms with Crippen molar-refractivity contribution >= 4 is 23.9 Å². The Morgan fingerprint density at radius 3 is 2.46 bits per heavy atom. The minimum absolute atomic E-state index is 0.0935. The second-order valence-corrected chi connectivity index (χ2v) is 10.3. The van der Waals surface area contributed by atoms with Crippen LogP contribution in [0.25, 0.3) is 0 Å². The van der Waals surface area contributed by atoms with Gasteiger partial charge in [-0.05, 0) is 72.6 Å². The smallest absolute Gasteiger partial charge is 0.408 e. The number of nitrogens with zero attached hydrogens (tertiary/aromatic N) is 1. The number of allylic oxidation sites excluding steroid dienone is 1. The maximum Gasteiger partial charge on any atom is 0.408 e. The molecule has 2 aliphatic rings. The molecule has 0 unspecified atom stereocenters. The van der Waals surface area contributed by atoms with Gasteiger partial charge in [0, 0.05) is 12.6 Å². The topological polar surface area (TPSA) is 114 Å². The largest absolute Gasteiger partial charge is 0.466 e. The van der Waals surface area contributed by atoms with Crippen molar-refractivity contribution in [3.63, 3.8) is 0 Å². The number of ether oxygens (including phenoxy) is 2. The van der Waals surface area contributed by atoms with Crippen LogP contribution in [0.5, 0.6) is 0 Å². The Kier molecular flexibility index (Phi) is 11.5. The number of alkyl carbamates (subject to hydrolysis) is 1. The Morgan fingerprint density at radius 2 is 1.80 bits per heavy atom. The van der Waals surface area contributed by atoms with Crippen LogP contribution in [0.15, 0.2) is 12.2 Å². The molecular formula is C26H43N3O6. The van der Waals surface area contributed by atoms with E-state index in [1.807, 2.05) is 12.2 Å². The summed E-state index contributed by atoms with van der Waals surface area (Å²) in [5, 5.41) is 5.75. The van der Waals surface area contributed by atoms with Crippen molar-refractivity contribution in [2.24, 2.45) is 0 Å². The monoisotopic (exact) mass is 493 g/mol. The Morgan fingerprint density at radius 1 is 1.06 bits per heavy atom. The van der Waals surface area contributed by atoms with Crippen LogP contribution in [0, 0.1) is 0 Å². The molecule has 0 radical (unpaired) electrons. The van der Waals surface area contributed by atoms with Crippen LogP contribution in [-0.4, -0.2) is 65.7 Å². The third-order valence-electron chi connectivity index (χ3n) is 5.87. The number of esters is 1. The van der Waals surface area contributed by atoms with E-state index in [9.17, 15) is 19.2 Å². The van der Waals surface area contributed by atoms with Gasteiger partial charge in [0.15, 0.2) is 0 Å². The molecule has 2 atom stereocenters. The number of amides is 3. The van der Waals surface area contributed by atoms with Gasteiger partial charge in [-0.3, -0.25) is 14.4 Å². The molecule has 0 bridgehead atoms. The summed E-state index contributed by atoms with van der Waals surface area (Å²) in [7, 11) is 0. The lowest BCUT2D eigenvalue weighted by molar-refractivity contribution is -0.142. The van der Waals surface area contributed by atoms with Gasteiger partial charge in [-0.15, -0.1) is 0 Å². The zero-order chi connectivity index (χ0) is 25.8. The molecule has 9 heteroatoms. The number of carbonyl (C=O) groups is 4. The first-order chi connectivity index (χ1) is 16.6. The first kappa shape index (κ1) is 28.7. The standard InChI is InChI=1S/C26H43N3O6/c1-5-34-22(30)15-11-9-7-6-8-10-13-20(28-25(33)35-26(2,3)4)24(32)29-18-12-14-21(29)23(31)27-19-16-17-19/h9,11,19-21H,5-8,10,12-18H2,1-4H3,(H,27,31)(H,28,33)/b11-9-/t20-,21-/m0/s1. The Hall–Kier alpha value is -2.58. The van der Waals surface area contributed by atoms with Gasteiger partial charge in [0.05, 0.1) is 13.0 Å². The molecule has 1 saturated heterocycles. The van der Waals surface area contributed by atoms with Crippen LogP contribution in [-0.2, 0) is 23.9 Å². The minimum atomic E-state index is -0.737. The summed E-state index contributed by atoms with van der Waals surface area (Å²) < 4.78 is 10.3. The molecule has 0 spiro atoms. The first-order valence-electron chi connectivity index (χ1n) is 13.0. The molecule has 0 aromatic heterocycles. The molecule has 1 aliphatic heterocycles. The number of rotatable bonds is 13. The maximum absolute atomic E-state index is 13.4. The predicted octanol–water partition coefficient (Wildman–Crippen LogP) is 3.61. The highest BCUT2D eigenvalue weighted by molar-refractivity contribution is 5.92. The lowest BCUT2D eigenvalue weighted by atomic mass is 10.0. The molecule has 0 aromatic carbocycles. The summed E-state index contributed by atoms with van der Waals surface area (Å²) in [4.78, 5) is 51.5. The molecule has 1 saturated carbocycles. The fraction of sp³-hybridized carbons (Fsp3) is 0.769. The van der Waals surface area contributed by atoms with Gasteiger partial charge in [0.2, 0.25) is 11.8 Å². The molecule has 2 N–H and O–H groups in total. The molecule has 198 valence electrons. The molecule has 2 fully saturated rings. The van der Waals surface area contributed by atoms with Gasteiger partial charge in [0.25, 0.3) is 0 Å². The van der Waals surface area contributed by atoms with Crippen molar-refractivity contribution < 1.29 is 28.7 Å². The second kappa shape index (κ2) is 14.1. The second-order valence-electron chi connectivity index (χ2n) is 10.3. The van der Waals surface area contributed by atoms with Crippen molar-refractivity contribution in [2.75, 3.05) is 13.2 Å². The number of nitrogens with one attached hydrogen (secondary N) is 2. The van der Waals surface area contributed by atoms with Crippen molar-refractivity contribution in [3.8, 4) is 0 Å². The van der Waals surface area contributed by atoms with E-state index in [-0.39, 0.29) is 30.2 Å². The summed E-state index contributed by atoms with van der Waals surface area (Å²) in [5.74, 6) is -0.549. The van der Waals surface area contributed by atoms with Gasteiger partial charge in [-0.25, -0.2) is 4.79 Å². The highest BCUT2D eigenvalue weighted by Crippen LogP contribution is 2.24. The molecule has 35 heavy (non-hydrogen) atoms. The number of carbonyl (C=O) groups excluding carboxylic acids is 4. The van der Waals surface area contributed by atoms with E-state index >= 15 is 0 Å². The fourth-order valence-electron chi connectivity index (χ4n) is 4.04. The van der Waals surface area contributed by atoms with E-state index < -0.39 is 23.8 Å². The van der Waals surface area contributed by atoms with E-state index in [1.165, 1.54) is 0 Å². The van der Waals surface area contributed by atoms with E-state index in [1.54, 1.807) is 32.6 Å². The van der Waals surface area contributed by atoms with E-state index in [2.05, 4.69) is 10.6 Å². The molecule has 1 heterocycles. The van der Waals surface area contributed by atoms with Crippen LogP contribution in [0.3, 0.4) is 0 Å². The lowest BCUT2D eigenvalue weighted by Crippen LogP contribution is -2.54. The average molecular weight is 494 g/mol. The Bertz CT molecular complexity index is 757. The summed E-state index contributed by atoms with van der Waals surface area (Å²) in [6.07, 6.45) is 10.6. The number of hydrogen-bond donors (Lipinski definition) is 2. The van der Waals surface area contributed by atoms with E-state index in [0.717, 1.165) is 44.9 Å². The van der Waals surface area contributed by atoms with Crippen molar-refractivity contribution in [1.29, 1.82) is 0 Å². The van der Waals surface area contributed by atoms with Crippen molar-refractivity contribution in [3.05, 3.63) is 12.2 Å². The molecule has 1 aliphatic carbocycles. The summed E-state index contributed by atoms with van der Waals surface area (Å²) >= 11 is 0. The highest BCUT2D eigenvalue weighted by Gasteiger charge is 2.39. The molecule has 0 aromatic rings. The predicted molar refractivity (Wildman–Crippen MR) is 133 cm³/mol. The fourth-order valence-corrected chi connectivity index (χ4v) is 4.04. The summed E-state index contributed by atoms with van der Waals surface area (Å²) in [5.41, 5.74) is -0.673. The van der Waals surface area contributed by atoms with Crippen LogP contribution in [0.1, 0.15) is 91.9 Å².